The van der Waals surface area contributed by atoms with E-state index < -0.39 is 0 Å². The number of hydrogen-bond acceptors (Lipinski definition) is 2. The summed E-state index contributed by atoms with van der Waals surface area (Å²) in [5, 5.41) is 6.51. The molecule has 2 aromatic carbocycles. The number of nitrogens with one attached hydrogen (secondary N) is 2. The number of para-hydroxylation sites is 1. The van der Waals surface area contributed by atoms with E-state index in [1.165, 1.54) is 0 Å². The summed E-state index contributed by atoms with van der Waals surface area (Å²) in [5.74, 6) is -0.120. The highest BCUT2D eigenvalue weighted by molar-refractivity contribution is 9.10. The number of anilines is 1. The molecule has 0 aliphatic rings. The molecule has 110 valence electrons. The predicted molar refractivity (Wildman–Crippen MR) is 90.6 cm³/mol. The Hall–Kier alpha value is -1.36. The van der Waals surface area contributed by atoms with Gasteiger partial charge in [-0.3, -0.25) is 4.79 Å². The number of carbonyl (C=O) groups is 1. The Morgan fingerprint density at radius 1 is 1.24 bits per heavy atom. The average molecular weight is 368 g/mol. The standard InChI is InChI=1S/C16H16BrClN2O/c1-11(12-5-4-6-13(17)9-12)19-10-16(21)20-15-8-3-2-7-14(15)18/h2-9,11,19H,10H2,1H3,(H,20,21)/t11-/m0/s1. The van der Waals surface area contributed by atoms with E-state index in [9.17, 15) is 4.79 Å². The average Bonchev–Trinajstić information content (AvgIpc) is 2.47. The lowest BCUT2D eigenvalue weighted by Gasteiger charge is -2.14. The molecule has 21 heavy (non-hydrogen) atoms. The Bertz CT molecular complexity index is 633. The van der Waals surface area contributed by atoms with Crippen LogP contribution in [0.5, 0.6) is 0 Å². The minimum absolute atomic E-state index is 0.0829. The second-order valence-electron chi connectivity index (χ2n) is 4.69. The Labute approximate surface area is 137 Å². The third kappa shape index (κ3) is 4.84. The summed E-state index contributed by atoms with van der Waals surface area (Å²) < 4.78 is 1.02. The van der Waals surface area contributed by atoms with Gasteiger partial charge in [-0.05, 0) is 36.8 Å². The molecule has 0 heterocycles. The molecule has 0 saturated heterocycles. The Balaban J connectivity index is 1.88. The summed E-state index contributed by atoms with van der Waals surface area (Å²) in [6.07, 6.45) is 0. The Kier molecular flexibility index (Phi) is 5.79. The summed E-state index contributed by atoms with van der Waals surface area (Å²) in [7, 11) is 0. The SMILES string of the molecule is C[C@H](NCC(=O)Nc1ccccc1Cl)c1cccc(Br)c1. The van der Waals surface area contributed by atoms with E-state index in [0.717, 1.165) is 10.0 Å². The molecule has 0 bridgehead atoms. The first kappa shape index (κ1) is 16.0. The van der Waals surface area contributed by atoms with Crippen LogP contribution in [0.25, 0.3) is 0 Å². The van der Waals surface area contributed by atoms with Crippen LogP contribution < -0.4 is 10.6 Å². The molecule has 2 rings (SSSR count). The van der Waals surface area contributed by atoms with E-state index in [4.69, 9.17) is 11.6 Å². The molecule has 2 aromatic rings. The zero-order valence-electron chi connectivity index (χ0n) is 11.6. The van der Waals surface area contributed by atoms with Gasteiger partial charge in [-0.2, -0.15) is 0 Å². The van der Waals surface area contributed by atoms with Gasteiger partial charge in [-0.15, -0.1) is 0 Å². The maximum absolute atomic E-state index is 11.9. The molecule has 5 heteroatoms. The number of benzene rings is 2. The smallest absolute Gasteiger partial charge is 0.238 e. The van der Waals surface area contributed by atoms with Gasteiger partial charge < -0.3 is 10.6 Å². The van der Waals surface area contributed by atoms with Crippen molar-refractivity contribution in [2.75, 3.05) is 11.9 Å². The Morgan fingerprint density at radius 3 is 2.71 bits per heavy atom. The molecular formula is C16H16BrClN2O. The van der Waals surface area contributed by atoms with Gasteiger partial charge in [0, 0.05) is 10.5 Å². The van der Waals surface area contributed by atoms with Crippen molar-refractivity contribution >= 4 is 39.1 Å². The van der Waals surface area contributed by atoms with Crippen LogP contribution in [-0.4, -0.2) is 12.5 Å². The lowest BCUT2D eigenvalue weighted by Crippen LogP contribution is -2.30. The summed E-state index contributed by atoms with van der Waals surface area (Å²) >= 11 is 9.44. The summed E-state index contributed by atoms with van der Waals surface area (Å²) in [6.45, 7) is 2.24. The van der Waals surface area contributed by atoms with Crippen LogP contribution in [0.2, 0.25) is 5.02 Å². The maximum Gasteiger partial charge on any atom is 0.238 e. The van der Waals surface area contributed by atoms with E-state index in [-0.39, 0.29) is 18.5 Å². The van der Waals surface area contributed by atoms with Crippen molar-refractivity contribution < 1.29 is 4.79 Å². The van der Waals surface area contributed by atoms with Crippen molar-refractivity contribution in [1.82, 2.24) is 5.32 Å². The van der Waals surface area contributed by atoms with Crippen molar-refractivity contribution in [1.29, 1.82) is 0 Å². The van der Waals surface area contributed by atoms with Gasteiger partial charge in [-0.1, -0.05) is 51.8 Å². The minimum Gasteiger partial charge on any atom is -0.324 e. The molecule has 0 aliphatic carbocycles. The second-order valence-corrected chi connectivity index (χ2v) is 6.01. The fourth-order valence-corrected chi connectivity index (χ4v) is 2.50. The van der Waals surface area contributed by atoms with Crippen LogP contribution in [-0.2, 0) is 4.79 Å². The van der Waals surface area contributed by atoms with Gasteiger partial charge in [0.1, 0.15) is 0 Å². The zero-order chi connectivity index (χ0) is 15.2. The van der Waals surface area contributed by atoms with Crippen LogP contribution in [0.3, 0.4) is 0 Å². The summed E-state index contributed by atoms with van der Waals surface area (Å²) in [4.78, 5) is 11.9. The first-order valence-electron chi connectivity index (χ1n) is 6.59. The fourth-order valence-electron chi connectivity index (χ4n) is 1.90. The monoisotopic (exact) mass is 366 g/mol. The fraction of sp³-hybridized carbons (Fsp3) is 0.188. The summed E-state index contributed by atoms with van der Waals surface area (Å²) in [6, 6.07) is 15.3. The zero-order valence-corrected chi connectivity index (χ0v) is 13.9. The largest absolute Gasteiger partial charge is 0.324 e. The van der Waals surface area contributed by atoms with Gasteiger partial charge in [0.05, 0.1) is 17.3 Å². The molecule has 0 radical (unpaired) electrons. The van der Waals surface area contributed by atoms with E-state index in [2.05, 4.69) is 26.6 Å². The normalized spacial score (nSPS) is 12.0. The molecule has 0 aromatic heterocycles. The summed E-state index contributed by atoms with van der Waals surface area (Å²) in [5.41, 5.74) is 1.75. The highest BCUT2D eigenvalue weighted by atomic mass is 79.9. The van der Waals surface area contributed by atoms with Crippen molar-refractivity contribution in [2.45, 2.75) is 13.0 Å². The van der Waals surface area contributed by atoms with Gasteiger partial charge in [-0.25, -0.2) is 0 Å². The van der Waals surface area contributed by atoms with Crippen molar-refractivity contribution in [3.63, 3.8) is 0 Å². The molecular weight excluding hydrogens is 352 g/mol. The molecule has 0 saturated carbocycles. The number of amides is 1. The van der Waals surface area contributed by atoms with Crippen LogP contribution in [0.15, 0.2) is 53.0 Å². The molecule has 2 N–H and O–H groups in total. The molecule has 0 unspecified atom stereocenters. The minimum atomic E-state index is -0.120. The molecule has 1 atom stereocenters. The third-order valence-electron chi connectivity index (χ3n) is 3.07. The van der Waals surface area contributed by atoms with E-state index in [0.29, 0.717) is 10.7 Å². The van der Waals surface area contributed by atoms with Crippen molar-refractivity contribution in [2.24, 2.45) is 0 Å². The first-order chi connectivity index (χ1) is 10.1. The third-order valence-corrected chi connectivity index (χ3v) is 3.89. The molecule has 0 aliphatic heterocycles. The number of halogens is 2. The van der Waals surface area contributed by atoms with E-state index in [1.54, 1.807) is 12.1 Å². The quantitative estimate of drug-likeness (QED) is 0.823. The lowest BCUT2D eigenvalue weighted by molar-refractivity contribution is -0.115. The van der Waals surface area contributed by atoms with Crippen molar-refractivity contribution in [3.05, 3.63) is 63.6 Å². The van der Waals surface area contributed by atoms with Gasteiger partial charge in [0.25, 0.3) is 0 Å². The van der Waals surface area contributed by atoms with Crippen LogP contribution in [0.1, 0.15) is 18.5 Å². The molecule has 0 spiro atoms. The number of rotatable bonds is 5. The van der Waals surface area contributed by atoms with Gasteiger partial charge >= 0.3 is 0 Å². The van der Waals surface area contributed by atoms with Crippen molar-refractivity contribution in [3.8, 4) is 0 Å². The van der Waals surface area contributed by atoms with Crippen LogP contribution in [0.4, 0.5) is 5.69 Å². The number of hydrogen-bond donors (Lipinski definition) is 2. The molecule has 1 amide bonds. The Morgan fingerprint density at radius 2 is 2.00 bits per heavy atom. The first-order valence-corrected chi connectivity index (χ1v) is 7.76. The van der Waals surface area contributed by atoms with Gasteiger partial charge in [0.2, 0.25) is 5.91 Å². The maximum atomic E-state index is 11.9. The van der Waals surface area contributed by atoms with E-state index >= 15 is 0 Å². The van der Waals surface area contributed by atoms with Crippen LogP contribution in [0, 0.1) is 0 Å². The topological polar surface area (TPSA) is 41.1 Å². The van der Waals surface area contributed by atoms with E-state index in [1.807, 2.05) is 43.3 Å². The van der Waals surface area contributed by atoms with Gasteiger partial charge in [0.15, 0.2) is 0 Å². The molecule has 0 fully saturated rings. The lowest BCUT2D eigenvalue weighted by atomic mass is 10.1. The predicted octanol–water partition coefficient (Wildman–Crippen LogP) is 4.39. The highest BCUT2D eigenvalue weighted by Crippen LogP contribution is 2.20. The molecule has 3 nitrogen and oxygen atoms in total. The number of carbonyl (C=O) groups excluding carboxylic acids is 1. The second kappa shape index (κ2) is 7.59. The highest BCUT2D eigenvalue weighted by Gasteiger charge is 2.09. The van der Waals surface area contributed by atoms with Crippen LogP contribution >= 0.6 is 27.5 Å².